The van der Waals surface area contributed by atoms with E-state index in [0.29, 0.717) is 11.8 Å². The Balaban J connectivity index is 2.38. The molecule has 0 aliphatic rings. The number of hydrogen-bond donors (Lipinski definition) is 1. The van der Waals surface area contributed by atoms with Crippen molar-refractivity contribution in [2.24, 2.45) is 11.8 Å². The fourth-order valence-corrected chi connectivity index (χ4v) is 2.39. The van der Waals surface area contributed by atoms with Crippen LogP contribution in [-0.2, 0) is 0 Å². The fraction of sp³-hybridized carbons (Fsp3) is 0.500. The van der Waals surface area contributed by atoms with Crippen molar-refractivity contribution < 1.29 is 0 Å². The number of nitrogens with one attached hydrogen (secondary N) is 1. The molecule has 0 radical (unpaired) electrons. The van der Waals surface area contributed by atoms with Crippen LogP contribution in [0.4, 0.5) is 0 Å². The van der Waals surface area contributed by atoms with Crippen LogP contribution >= 0.6 is 0 Å². The average Bonchev–Trinajstić information content (AvgIpc) is 2.94. The molecule has 108 valence electrons. The summed E-state index contributed by atoms with van der Waals surface area (Å²) in [5, 5.41) is 11.9. The lowest BCUT2D eigenvalue weighted by atomic mass is 9.88. The van der Waals surface area contributed by atoms with Gasteiger partial charge in [-0.25, -0.2) is 4.68 Å². The third-order valence-corrected chi connectivity index (χ3v) is 3.90. The molecule has 0 saturated heterocycles. The standard InChI is InChI=1S/C16H24N4/c1-5-17-16(13(4)12(2)3)15-11-18-19-20(15)14-9-7-6-8-10-14/h6-13,16-17H,5H2,1-4H3. The number of rotatable bonds is 6. The van der Waals surface area contributed by atoms with E-state index in [4.69, 9.17) is 0 Å². The van der Waals surface area contributed by atoms with Crippen LogP contribution < -0.4 is 5.32 Å². The van der Waals surface area contributed by atoms with Gasteiger partial charge in [-0.2, -0.15) is 0 Å². The quantitative estimate of drug-likeness (QED) is 0.878. The Morgan fingerprint density at radius 2 is 1.85 bits per heavy atom. The number of aromatic nitrogens is 3. The van der Waals surface area contributed by atoms with Gasteiger partial charge < -0.3 is 5.32 Å². The molecule has 0 aliphatic carbocycles. The summed E-state index contributed by atoms with van der Waals surface area (Å²) < 4.78 is 1.94. The molecule has 1 N–H and O–H groups in total. The van der Waals surface area contributed by atoms with Crippen LogP contribution in [0.5, 0.6) is 0 Å². The highest BCUT2D eigenvalue weighted by Gasteiger charge is 2.25. The number of para-hydroxylation sites is 1. The third kappa shape index (κ3) is 3.07. The molecular weight excluding hydrogens is 248 g/mol. The van der Waals surface area contributed by atoms with E-state index >= 15 is 0 Å². The van der Waals surface area contributed by atoms with Gasteiger partial charge in [0.15, 0.2) is 0 Å². The number of benzene rings is 1. The monoisotopic (exact) mass is 272 g/mol. The molecule has 2 aromatic rings. The summed E-state index contributed by atoms with van der Waals surface area (Å²) >= 11 is 0. The Morgan fingerprint density at radius 3 is 2.45 bits per heavy atom. The largest absolute Gasteiger partial charge is 0.309 e. The topological polar surface area (TPSA) is 42.7 Å². The van der Waals surface area contributed by atoms with Gasteiger partial charge in [0.2, 0.25) is 0 Å². The van der Waals surface area contributed by atoms with Gasteiger partial charge in [-0.3, -0.25) is 0 Å². The molecule has 0 bridgehead atoms. The molecule has 1 aromatic heterocycles. The van der Waals surface area contributed by atoms with E-state index in [-0.39, 0.29) is 6.04 Å². The van der Waals surface area contributed by atoms with Gasteiger partial charge in [0.05, 0.1) is 23.6 Å². The van der Waals surface area contributed by atoms with Crippen LogP contribution in [0.15, 0.2) is 36.5 Å². The van der Waals surface area contributed by atoms with Crippen LogP contribution in [0.25, 0.3) is 5.69 Å². The molecular formula is C16H24N4. The number of hydrogen-bond acceptors (Lipinski definition) is 3. The molecule has 0 saturated carbocycles. The van der Waals surface area contributed by atoms with Crippen molar-refractivity contribution in [2.45, 2.75) is 33.7 Å². The maximum atomic E-state index is 4.26. The first kappa shape index (κ1) is 14.7. The smallest absolute Gasteiger partial charge is 0.0818 e. The lowest BCUT2D eigenvalue weighted by Crippen LogP contribution is -2.31. The van der Waals surface area contributed by atoms with Crippen molar-refractivity contribution in [3.8, 4) is 5.69 Å². The maximum Gasteiger partial charge on any atom is 0.0818 e. The fourth-order valence-electron chi connectivity index (χ4n) is 2.39. The molecule has 2 unspecified atom stereocenters. The molecule has 0 spiro atoms. The van der Waals surface area contributed by atoms with E-state index in [2.05, 4.69) is 55.5 Å². The molecule has 4 nitrogen and oxygen atoms in total. The van der Waals surface area contributed by atoms with Gasteiger partial charge in [-0.15, -0.1) is 5.10 Å². The predicted molar refractivity (Wildman–Crippen MR) is 81.8 cm³/mol. The molecule has 2 atom stereocenters. The minimum absolute atomic E-state index is 0.259. The molecule has 1 aromatic carbocycles. The lowest BCUT2D eigenvalue weighted by Gasteiger charge is -2.27. The van der Waals surface area contributed by atoms with Gasteiger partial charge in [0, 0.05) is 0 Å². The highest BCUT2D eigenvalue weighted by Crippen LogP contribution is 2.28. The Bertz CT molecular complexity index is 518. The molecule has 4 heteroatoms. The molecule has 0 amide bonds. The Labute approximate surface area is 121 Å². The molecule has 0 fully saturated rings. The van der Waals surface area contributed by atoms with Crippen molar-refractivity contribution in [3.63, 3.8) is 0 Å². The zero-order valence-electron chi connectivity index (χ0n) is 12.7. The summed E-state index contributed by atoms with van der Waals surface area (Å²) in [6.45, 7) is 9.86. The lowest BCUT2D eigenvalue weighted by molar-refractivity contribution is 0.298. The highest BCUT2D eigenvalue weighted by molar-refractivity contribution is 5.32. The summed E-state index contributed by atoms with van der Waals surface area (Å²) in [7, 11) is 0. The van der Waals surface area contributed by atoms with Crippen molar-refractivity contribution >= 4 is 0 Å². The second-order valence-corrected chi connectivity index (χ2v) is 5.54. The van der Waals surface area contributed by atoms with Gasteiger partial charge in [0.25, 0.3) is 0 Å². The van der Waals surface area contributed by atoms with Crippen LogP contribution in [-0.4, -0.2) is 21.5 Å². The first-order valence-corrected chi connectivity index (χ1v) is 7.34. The molecule has 0 aliphatic heterocycles. The van der Waals surface area contributed by atoms with Gasteiger partial charge in [-0.1, -0.05) is 51.1 Å². The first-order valence-electron chi connectivity index (χ1n) is 7.34. The van der Waals surface area contributed by atoms with Crippen LogP contribution in [0.3, 0.4) is 0 Å². The molecule has 20 heavy (non-hydrogen) atoms. The Kier molecular flexibility index (Phi) is 4.90. The summed E-state index contributed by atoms with van der Waals surface area (Å²) in [5.74, 6) is 1.11. The second-order valence-electron chi connectivity index (χ2n) is 5.54. The van der Waals surface area contributed by atoms with Gasteiger partial charge in [0.1, 0.15) is 0 Å². The first-order chi connectivity index (χ1) is 9.65. The molecule has 2 rings (SSSR count). The van der Waals surface area contributed by atoms with E-state index in [0.717, 1.165) is 17.9 Å². The third-order valence-electron chi connectivity index (χ3n) is 3.90. The van der Waals surface area contributed by atoms with Crippen molar-refractivity contribution in [1.29, 1.82) is 0 Å². The summed E-state index contributed by atoms with van der Waals surface area (Å²) in [5.41, 5.74) is 2.18. The molecule has 1 heterocycles. The van der Waals surface area contributed by atoms with E-state index in [1.165, 1.54) is 0 Å². The minimum Gasteiger partial charge on any atom is -0.309 e. The highest BCUT2D eigenvalue weighted by atomic mass is 15.4. The summed E-state index contributed by atoms with van der Waals surface area (Å²) in [6.07, 6.45) is 1.87. The van der Waals surface area contributed by atoms with Crippen LogP contribution in [0, 0.1) is 11.8 Å². The van der Waals surface area contributed by atoms with Gasteiger partial charge in [-0.05, 0) is 30.5 Å². The average molecular weight is 272 g/mol. The van der Waals surface area contributed by atoms with E-state index in [1.807, 2.05) is 29.1 Å². The Hall–Kier alpha value is -1.68. The zero-order chi connectivity index (χ0) is 14.5. The normalized spacial score (nSPS) is 14.4. The van der Waals surface area contributed by atoms with Crippen molar-refractivity contribution in [3.05, 3.63) is 42.2 Å². The van der Waals surface area contributed by atoms with E-state index in [1.54, 1.807) is 0 Å². The van der Waals surface area contributed by atoms with E-state index < -0.39 is 0 Å². The number of nitrogens with zero attached hydrogens (tertiary/aromatic N) is 3. The van der Waals surface area contributed by atoms with E-state index in [9.17, 15) is 0 Å². The van der Waals surface area contributed by atoms with Crippen LogP contribution in [0.2, 0.25) is 0 Å². The van der Waals surface area contributed by atoms with Crippen molar-refractivity contribution in [1.82, 2.24) is 20.3 Å². The minimum atomic E-state index is 0.259. The van der Waals surface area contributed by atoms with Crippen LogP contribution in [0.1, 0.15) is 39.4 Å². The Morgan fingerprint density at radius 1 is 1.15 bits per heavy atom. The van der Waals surface area contributed by atoms with Crippen molar-refractivity contribution in [2.75, 3.05) is 6.54 Å². The summed E-state index contributed by atoms with van der Waals surface area (Å²) in [4.78, 5) is 0. The summed E-state index contributed by atoms with van der Waals surface area (Å²) in [6, 6.07) is 10.4. The predicted octanol–water partition coefficient (Wildman–Crippen LogP) is 3.21. The second kappa shape index (κ2) is 6.66. The van der Waals surface area contributed by atoms with Gasteiger partial charge >= 0.3 is 0 Å². The SMILES string of the molecule is CCNC(c1cnnn1-c1ccccc1)C(C)C(C)C. The zero-order valence-corrected chi connectivity index (χ0v) is 12.7. The maximum absolute atomic E-state index is 4.26.